The van der Waals surface area contributed by atoms with Gasteiger partial charge in [0.25, 0.3) is 17.7 Å². The van der Waals surface area contributed by atoms with E-state index in [1.54, 1.807) is 94.9 Å². The number of nitrogens with zero attached hydrogens (tertiary/aromatic N) is 7. The van der Waals surface area contributed by atoms with Gasteiger partial charge < -0.3 is 43.7 Å². The van der Waals surface area contributed by atoms with E-state index in [0.29, 0.717) is 58.3 Å². The molecule has 2 aromatic carbocycles. The number of methoxy groups -OCH3 is 1. The fraction of sp³-hybridized carbons (Fsp3) is 0.250. The molecule has 0 radical (unpaired) electrons. The van der Waals surface area contributed by atoms with Crippen LogP contribution in [0.25, 0.3) is 0 Å². The van der Waals surface area contributed by atoms with Crippen LogP contribution in [0, 0.1) is 0 Å². The molecule has 0 spiro atoms. The van der Waals surface area contributed by atoms with Crippen LogP contribution in [-0.2, 0) is 50.9 Å². The van der Waals surface area contributed by atoms with E-state index >= 15 is 0 Å². The first kappa shape index (κ1) is 41.8. The summed E-state index contributed by atoms with van der Waals surface area (Å²) in [4.78, 5) is 80.6. The Kier molecular flexibility index (Phi) is 11.7. The summed E-state index contributed by atoms with van der Waals surface area (Å²) in [5.41, 5.74) is 8.72. The molecule has 4 amide bonds. The number of ether oxygens (including phenoxy) is 2. The number of fused-ring (bicyclic) bond motifs is 4. The van der Waals surface area contributed by atoms with E-state index in [4.69, 9.17) is 14.3 Å². The first-order chi connectivity index (χ1) is 30.4. The monoisotopic (exact) mass is 855 g/mol. The predicted molar refractivity (Wildman–Crippen MR) is 234 cm³/mol. The number of aliphatic imine (C=N–C) groups is 1. The van der Waals surface area contributed by atoms with Crippen molar-refractivity contribution in [2.24, 2.45) is 33.2 Å². The van der Waals surface area contributed by atoms with Gasteiger partial charge in [-0.1, -0.05) is 18.2 Å². The Labute approximate surface area is 361 Å². The molecule has 0 saturated heterocycles. The van der Waals surface area contributed by atoms with Gasteiger partial charge in [0.1, 0.15) is 12.3 Å². The van der Waals surface area contributed by atoms with E-state index in [-0.39, 0.29) is 54.8 Å². The maximum Gasteiger partial charge on any atom is 0.291 e. The van der Waals surface area contributed by atoms with Crippen molar-refractivity contribution >= 4 is 70.4 Å². The Morgan fingerprint density at radius 3 is 2.41 bits per heavy atom. The van der Waals surface area contributed by atoms with E-state index in [1.807, 2.05) is 31.3 Å². The molecule has 4 aromatic heterocycles. The Morgan fingerprint density at radius 2 is 1.62 bits per heavy atom. The van der Waals surface area contributed by atoms with Crippen molar-refractivity contribution in [3.63, 3.8) is 0 Å². The van der Waals surface area contributed by atoms with Gasteiger partial charge in [0.05, 0.1) is 53.8 Å². The Bertz CT molecular complexity index is 2790. The van der Waals surface area contributed by atoms with E-state index < -0.39 is 11.8 Å². The molecule has 6 aromatic rings. The number of aryl methyl sites for hydroxylation is 4. The van der Waals surface area contributed by atoms with Gasteiger partial charge in [0.2, 0.25) is 11.7 Å². The number of rotatable bonds is 16. The lowest BCUT2D eigenvalue weighted by Crippen LogP contribution is -2.37. The van der Waals surface area contributed by atoms with Gasteiger partial charge in [0, 0.05) is 89.5 Å². The summed E-state index contributed by atoms with van der Waals surface area (Å²) in [5, 5.41) is 8.37. The molecule has 19 nitrogen and oxygen atoms in total. The fourth-order valence-corrected chi connectivity index (χ4v) is 7.56. The number of anilines is 5. The molecule has 8 rings (SSSR count). The average molecular weight is 856 g/mol. The third kappa shape index (κ3) is 8.80. The van der Waals surface area contributed by atoms with Gasteiger partial charge in [0.15, 0.2) is 23.6 Å². The number of amides is 4. The number of aldehydes is 1. The zero-order valence-electron chi connectivity index (χ0n) is 35.2. The highest BCUT2D eigenvalue weighted by atomic mass is 16.6. The Balaban J connectivity index is 0.808. The minimum Gasteiger partial charge on any atom is -0.493 e. The van der Waals surface area contributed by atoms with Gasteiger partial charge in [-0.15, -0.1) is 0 Å². The first-order valence-corrected chi connectivity index (χ1v) is 20.0. The second-order valence-electron chi connectivity index (χ2n) is 15.2. The van der Waals surface area contributed by atoms with E-state index in [0.717, 1.165) is 23.2 Å². The van der Waals surface area contributed by atoms with Crippen LogP contribution in [0.3, 0.4) is 0 Å². The van der Waals surface area contributed by atoms with Crippen molar-refractivity contribution in [1.82, 2.24) is 23.3 Å². The van der Waals surface area contributed by atoms with Crippen molar-refractivity contribution in [2.75, 3.05) is 40.0 Å². The van der Waals surface area contributed by atoms with Gasteiger partial charge >= 0.3 is 0 Å². The smallest absolute Gasteiger partial charge is 0.291 e. The third-order valence-electron chi connectivity index (χ3n) is 10.7. The average Bonchev–Trinajstić information content (AvgIpc) is 4.07. The molecule has 0 fully saturated rings. The van der Waals surface area contributed by atoms with Gasteiger partial charge in [-0.3, -0.25) is 44.2 Å². The largest absolute Gasteiger partial charge is 0.493 e. The van der Waals surface area contributed by atoms with Crippen LogP contribution in [0.15, 0.2) is 84.4 Å². The summed E-state index contributed by atoms with van der Waals surface area (Å²) in [7, 11) is 8.37. The lowest BCUT2D eigenvalue weighted by atomic mass is 10.1. The summed E-state index contributed by atoms with van der Waals surface area (Å²) in [5.74, 6) is -0.436. The summed E-state index contributed by atoms with van der Waals surface area (Å²) in [6.45, 7) is 0.356. The molecule has 2 aliphatic heterocycles. The van der Waals surface area contributed by atoms with Crippen LogP contribution in [0.5, 0.6) is 11.5 Å². The maximum absolute atomic E-state index is 13.7. The van der Waals surface area contributed by atoms with Crippen molar-refractivity contribution in [1.29, 1.82) is 0 Å². The molecule has 4 N–H and O–H groups in total. The van der Waals surface area contributed by atoms with Crippen LogP contribution >= 0.6 is 0 Å². The van der Waals surface area contributed by atoms with Gasteiger partial charge in [-0.25, -0.2) is 4.98 Å². The highest BCUT2D eigenvalue weighted by Crippen LogP contribution is 2.41. The lowest BCUT2D eigenvalue weighted by Gasteiger charge is -2.22. The summed E-state index contributed by atoms with van der Waals surface area (Å²) >= 11 is 0. The lowest BCUT2D eigenvalue weighted by molar-refractivity contribution is -0.116. The van der Waals surface area contributed by atoms with Gasteiger partial charge in [-0.05, 0) is 42.3 Å². The summed E-state index contributed by atoms with van der Waals surface area (Å²) < 4.78 is 18.1. The van der Waals surface area contributed by atoms with Gasteiger partial charge in [-0.2, -0.15) is 0 Å². The highest BCUT2D eigenvalue weighted by molar-refractivity contribution is 6.15. The molecular formula is C44H45N11O8. The number of para-hydroxylation sites is 1. The predicted octanol–water partition coefficient (Wildman–Crippen LogP) is 5.39. The van der Waals surface area contributed by atoms with Crippen LogP contribution in [-0.4, -0.2) is 79.1 Å². The second kappa shape index (κ2) is 17.6. The minimum absolute atomic E-state index is 0.0587. The zero-order chi connectivity index (χ0) is 44.4. The SMILES string of the molecule is COc1cc2c(cc1OCCCC(=O)Nc1cc(C(=O)Nc3cn(C)c(C(=O)Nc4cc(CONc5cc(C=O)n(C)c5)n(C)c4)n3)n(C)c1)N=CC1Cc3ccccc3N1C2=O. The van der Waals surface area contributed by atoms with Crippen molar-refractivity contribution in [2.45, 2.75) is 31.9 Å². The van der Waals surface area contributed by atoms with Crippen molar-refractivity contribution < 1.29 is 38.3 Å². The molecule has 0 saturated carbocycles. The molecule has 2 aliphatic rings. The molecule has 1 unspecified atom stereocenters. The highest BCUT2D eigenvalue weighted by Gasteiger charge is 2.36. The summed E-state index contributed by atoms with van der Waals surface area (Å²) in [6, 6.07) is 15.9. The van der Waals surface area contributed by atoms with E-state index in [1.165, 1.54) is 17.9 Å². The minimum atomic E-state index is -0.499. The topological polar surface area (TPSA) is 209 Å². The molecule has 6 heterocycles. The molecule has 0 bridgehead atoms. The number of aromatic nitrogens is 5. The maximum atomic E-state index is 13.7. The molecule has 1 atom stereocenters. The fourth-order valence-electron chi connectivity index (χ4n) is 7.56. The quantitative estimate of drug-likeness (QED) is 0.0554. The second-order valence-corrected chi connectivity index (χ2v) is 15.2. The zero-order valence-corrected chi connectivity index (χ0v) is 35.2. The van der Waals surface area contributed by atoms with Crippen LogP contribution < -0.4 is 35.8 Å². The Hall–Kier alpha value is -7.93. The Morgan fingerprint density at radius 1 is 0.841 bits per heavy atom. The molecule has 63 heavy (non-hydrogen) atoms. The van der Waals surface area contributed by atoms with Crippen LogP contribution in [0.2, 0.25) is 0 Å². The standard InChI is InChI=1S/C44H45N11O8/c1-51-22-29(15-31(51)24-56)50-63-25-32-14-27(20-52(32)2)47-43(59)41-48-39(23-54(41)4)49-42(58)36-16-28(21-53(36)3)46-40(57)11-8-12-62-38-18-34-33(17-37(38)61-5)44(60)55-30(19-45-34)13-26-9-6-7-10-35(26)55/h6-7,9-10,14-24,30,50H,8,11-13,25H2,1-5H3,(H,46,57)(H,47,59)(H,49,58). The number of benzene rings is 2. The van der Waals surface area contributed by atoms with Crippen LogP contribution in [0.1, 0.15) is 66.1 Å². The molecule has 0 aliphatic carbocycles. The number of hydrogen-bond acceptors (Lipinski definition) is 11. The number of carbonyl (C=O) groups is 5. The number of carbonyl (C=O) groups excluding carboxylic acids is 5. The third-order valence-corrected chi connectivity index (χ3v) is 10.7. The molecular weight excluding hydrogens is 811 g/mol. The number of nitrogens with one attached hydrogen (secondary N) is 4. The molecule has 324 valence electrons. The normalized spacial score (nSPS) is 13.8. The molecule has 19 heteroatoms. The van der Waals surface area contributed by atoms with Crippen LogP contribution in [0.4, 0.5) is 34.3 Å². The summed E-state index contributed by atoms with van der Waals surface area (Å²) in [6.07, 6.45) is 10.3. The van der Waals surface area contributed by atoms with E-state index in [9.17, 15) is 24.0 Å². The number of imidazole rings is 1. The van der Waals surface area contributed by atoms with Crippen molar-refractivity contribution in [3.8, 4) is 11.5 Å². The first-order valence-electron chi connectivity index (χ1n) is 20.0. The van der Waals surface area contributed by atoms with E-state index in [2.05, 4.69) is 31.4 Å². The number of hydrogen-bond donors (Lipinski definition) is 4. The van der Waals surface area contributed by atoms with Crippen molar-refractivity contribution in [3.05, 3.63) is 113 Å².